The molecule has 0 saturated carbocycles. The SMILES string of the molecule is Cc1cc(Nc2nc(N3CCOCC3)c3ncn([C@@H]4C[C@H]5CC[C@@H](C4)N5CCC#N)c3n2)n[nH]1. The van der Waals surface area contributed by atoms with E-state index in [-0.39, 0.29) is 0 Å². The molecule has 3 saturated heterocycles. The Balaban J connectivity index is 1.35. The van der Waals surface area contributed by atoms with Crippen LogP contribution in [0.15, 0.2) is 12.4 Å². The van der Waals surface area contributed by atoms with Crippen molar-refractivity contribution in [3.05, 3.63) is 18.1 Å². The van der Waals surface area contributed by atoms with Gasteiger partial charge in [0.25, 0.3) is 0 Å². The number of fused-ring (bicyclic) bond motifs is 3. The highest BCUT2D eigenvalue weighted by atomic mass is 16.5. The molecule has 3 fully saturated rings. The summed E-state index contributed by atoms with van der Waals surface area (Å²) < 4.78 is 7.82. The minimum atomic E-state index is 0.341. The zero-order valence-corrected chi connectivity index (χ0v) is 19.4. The number of aryl methyl sites for hydroxylation is 1. The first kappa shape index (κ1) is 21.3. The van der Waals surface area contributed by atoms with E-state index in [4.69, 9.17) is 25.0 Å². The smallest absolute Gasteiger partial charge is 0.232 e. The summed E-state index contributed by atoms with van der Waals surface area (Å²) in [4.78, 5) is 19.4. The third-order valence-corrected chi connectivity index (χ3v) is 7.39. The first-order valence-electron chi connectivity index (χ1n) is 12.2. The third-order valence-electron chi connectivity index (χ3n) is 7.39. The summed E-state index contributed by atoms with van der Waals surface area (Å²) in [6.07, 6.45) is 7.08. The van der Waals surface area contributed by atoms with Gasteiger partial charge in [0.1, 0.15) is 0 Å². The van der Waals surface area contributed by atoms with Gasteiger partial charge in [-0.3, -0.25) is 10.00 Å². The van der Waals surface area contributed by atoms with Gasteiger partial charge in [-0.1, -0.05) is 0 Å². The lowest BCUT2D eigenvalue weighted by Gasteiger charge is -2.39. The molecule has 3 aromatic rings. The zero-order valence-electron chi connectivity index (χ0n) is 19.4. The number of ether oxygens (including phenoxy) is 1. The molecule has 2 N–H and O–H groups in total. The molecule has 3 atom stereocenters. The number of imidazole rings is 1. The number of hydrogen-bond acceptors (Lipinski definition) is 9. The van der Waals surface area contributed by atoms with Crippen molar-refractivity contribution >= 4 is 28.7 Å². The number of rotatable bonds is 6. The number of nitriles is 1. The Hall–Kier alpha value is -3.23. The van der Waals surface area contributed by atoms with Crippen LogP contribution in [0.3, 0.4) is 0 Å². The highest BCUT2D eigenvalue weighted by Gasteiger charge is 2.41. The summed E-state index contributed by atoms with van der Waals surface area (Å²) in [5, 5.41) is 19.6. The summed E-state index contributed by atoms with van der Waals surface area (Å²) in [5.74, 6) is 2.06. The minimum absolute atomic E-state index is 0.341. The molecule has 11 nitrogen and oxygen atoms in total. The van der Waals surface area contributed by atoms with Gasteiger partial charge in [-0.2, -0.15) is 20.3 Å². The molecule has 0 unspecified atom stereocenters. The molecule has 11 heteroatoms. The van der Waals surface area contributed by atoms with E-state index in [1.54, 1.807) is 0 Å². The predicted molar refractivity (Wildman–Crippen MR) is 127 cm³/mol. The van der Waals surface area contributed by atoms with Crippen molar-refractivity contribution in [3.8, 4) is 6.07 Å². The molecule has 2 bridgehead atoms. The van der Waals surface area contributed by atoms with Gasteiger partial charge in [0, 0.05) is 55.9 Å². The zero-order chi connectivity index (χ0) is 23.1. The standard InChI is InChI=1S/C23H30N10O/c1-15-11-19(30-29-15)26-23-27-21(31-7-9-34-10-8-31)20-22(28-23)33(14-25-20)18-12-16-3-4-17(13-18)32(16)6-2-5-24/h11,14,16-18H,2-4,6-10,12-13H2,1H3,(H2,26,27,28,29,30)/t16-,17+,18-. The van der Waals surface area contributed by atoms with E-state index in [1.165, 1.54) is 12.8 Å². The molecule has 0 radical (unpaired) electrons. The number of nitrogens with one attached hydrogen (secondary N) is 2. The molecule has 0 spiro atoms. The largest absolute Gasteiger partial charge is 0.378 e. The van der Waals surface area contributed by atoms with Crippen molar-refractivity contribution in [2.24, 2.45) is 0 Å². The average molecular weight is 463 g/mol. The van der Waals surface area contributed by atoms with Gasteiger partial charge in [-0.15, -0.1) is 0 Å². The van der Waals surface area contributed by atoms with Crippen molar-refractivity contribution in [3.63, 3.8) is 0 Å². The van der Waals surface area contributed by atoms with Crippen molar-refractivity contribution in [1.82, 2.24) is 34.6 Å². The van der Waals surface area contributed by atoms with Crippen molar-refractivity contribution < 1.29 is 4.74 Å². The maximum absolute atomic E-state index is 9.05. The molecule has 178 valence electrons. The Morgan fingerprint density at radius 3 is 2.68 bits per heavy atom. The van der Waals surface area contributed by atoms with E-state index in [9.17, 15) is 0 Å². The fraction of sp³-hybridized carbons (Fsp3) is 0.609. The lowest BCUT2D eigenvalue weighted by molar-refractivity contribution is 0.110. The van der Waals surface area contributed by atoms with Gasteiger partial charge >= 0.3 is 0 Å². The van der Waals surface area contributed by atoms with Gasteiger partial charge in [0.15, 0.2) is 22.8 Å². The van der Waals surface area contributed by atoms with Crippen LogP contribution in [0.25, 0.3) is 11.2 Å². The number of aromatic nitrogens is 6. The average Bonchev–Trinajstić information content (AvgIpc) is 3.53. The number of morpholine rings is 1. The molecule has 3 aliphatic rings. The fourth-order valence-electron chi connectivity index (χ4n) is 5.83. The molecule has 0 aromatic carbocycles. The molecule has 0 aliphatic carbocycles. The summed E-state index contributed by atoms with van der Waals surface area (Å²) in [6.45, 7) is 5.76. The van der Waals surface area contributed by atoms with Gasteiger partial charge in [0.05, 0.1) is 25.6 Å². The first-order chi connectivity index (χ1) is 16.7. The highest BCUT2D eigenvalue weighted by molar-refractivity contribution is 5.85. The highest BCUT2D eigenvalue weighted by Crippen LogP contribution is 2.42. The molecule has 6 rings (SSSR count). The second-order valence-electron chi connectivity index (χ2n) is 9.51. The lowest BCUT2D eigenvalue weighted by Crippen LogP contribution is -2.43. The Morgan fingerprint density at radius 1 is 1.18 bits per heavy atom. The Bertz CT molecular complexity index is 1190. The van der Waals surface area contributed by atoms with Crippen molar-refractivity contribution in [1.29, 1.82) is 5.26 Å². The van der Waals surface area contributed by atoms with Crippen LogP contribution in [-0.2, 0) is 4.74 Å². The van der Waals surface area contributed by atoms with E-state index < -0.39 is 0 Å². The summed E-state index contributed by atoms with van der Waals surface area (Å²) in [5.41, 5.74) is 2.67. The predicted octanol–water partition coefficient (Wildman–Crippen LogP) is 2.52. The van der Waals surface area contributed by atoms with Crippen LogP contribution in [0.4, 0.5) is 17.6 Å². The van der Waals surface area contributed by atoms with Crippen molar-refractivity contribution in [2.75, 3.05) is 43.1 Å². The third kappa shape index (κ3) is 3.86. The molecular formula is C23H30N10O. The maximum atomic E-state index is 9.05. The number of hydrogen-bond donors (Lipinski definition) is 2. The molecule has 34 heavy (non-hydrogen) atoms. The summed E-state index contributed by atoms with van der Waals surface area (Å²) >= 11 is 0. The van der Waals surface area contributed by atoms with Crippen LogP contribution < -0.4 is 10.2 Å². The summed E-state index contributed by atoms with van der Waals surface area (Å²) in [7, 11) is 0. The first-order valence-corrected chi connectivity index (χ1v) is 12.2. The van der Waals surface area contributed by atoms with Crippen LogP contribution >= 0.6 is 0 Å². The Kier molecular flexibility index (Phi) is 5.55. The van der Waals surface area contributed by atoms with E-state index in [0.29, 0.717) is 49.5 Å². The lowest BCUT2D eigenvalue weighted by atomic mass is 9.97. The molecule has 0 amide bonds. The normalized spacial score (nSPS) is 25.1. The maximum Gasteiger partial charge on any atom is 0.232 e. The Morgan fingerprint density at radius 2 is 1.97 bits per heavy atom. The second-order valence-corrected chi connectivity index (χ2v) is 9.51. The molecular weight excluding hydrogens is 432 g/mol. The topological polar surface area (TPSA) is 124 Å². The van der Waals surface area contributed by atoms with Crippen LogP contribution in [0.2, 0.25) is 0 Å². The van der Waals surface area contributed by atoms with E-state index in [0.717, 1.165) is 55.2 Å². The monoisotopic (exact) mass is 462 g/mol. The summed E-state index contributed by atoms with van der Waals surface area (Å²) in [6, 6.07) is 5.65. The van der Waals surface area contributed by atoms with Crippen LogP contribution in [0, 0.1) is 18.3 Å². The van der Waals surface area contributed by atoms with Gasteiger partial charge < -0.3 is 19.5 Å². The van der Waals surface area contributed by atoms with E-state index in [2.05, 4.69) is 36.0 Å². The quantitative estimate of drug-likeness (QED) is 0.568. The molecule has 6 heterocycles. The number of nitrogens with zero attached hydrogens (tertiary/aromatic N) is 8. The number of anilines is 3. The van der Waals surface area contributed by atoms with Crippen LogP contribution in [-0.4, -0.2) is 79.5 Å². The van der Waals surface area contributed by atoms with E-state index in [1.807, 2.05) is 19.3 Å². The minimum Gasteiger partial charge on any atom is -0.378 e. The fourth-order valence-corrected chi connectivity index (χ4v) is 5.83. The van der Waals surface area contributed by atoms with Crippen LogP contribution in [0.1, 0.15) is 43.8 Å². The van der Waals surface area contributed by atoms with E-state index >= 15 is 0 Å². The number of aromatic amines is 1. The van der Waals surface area contributed by atoms with Gasteiger partial charge in [-0.05, 0) is 32.6 Å². The number of H-pyrrole nitrogens is 1. The van der Waals surface area contributed by atoms with Crippen LogP contribution in [0.5, 0.6) is 0 Å². The Labute approximate surface area is 198 Å². The second kappa shape index (κ2) is 8.85. The molecule has 3 aromatic heterocycles. The number of piperidine rings is 1. The van der Waals surface area contributed by atoms with Crippen molar-refractivity contribution in [2.45, 2.75) is 57.2 Å². The molecule has 3 aliphatic heterocycles. The van der Waals surface area contributed by atoms with Gasteiger partial charge in [-0.25, -0.2) is 4.98 Å². The van der Waals surface area contributed by atoms with Gasteiger partial charge in [0.2, 0.25) is 5.95 Å².